The third-order valence-electron chi connectivity index (χ3n) is 2.53. The zero-order chi connectivity index (χ0) is 13.2. The number of hydrogen-bond acceptors (Lipinski definition) is 4. The molecule has 0 aliphatic carbocycles. The Morgan fingerprint density at radius 3 is 2.72 bits per heavy atom. The van der Waals surface area contributed by atoms with Gasteiger partial charge < -0.3 is 10.4 Å². The summed E-state index contributed by atoms with van der Waals surface area (Å²) in [5, 5.41) is 13.2. The van der Waals surface area contributed by atoms with Crippen molar-refractivity contribution in [2.24, 2.45) is 0 Å². The third kappa shape index (κ3) is 5.93. The van der Waals surface area contributed by atoms with Crippen molar-refractivity contribution < 1.29 is 14.7 Å². The topological polar surface area (TPSA) is 66.4 Å². The summed E-state index contributed by atoms with van der Waals surface area (Å²) >= 11 is 1.40. The van der Waals surface area contributed by atoms with E-state index < -0.39 is 0 Å². The second kappa shape index (κ2) is 8.83. The quantitative estimate of drug-likeness (QED) is 0.532. The number of unbranched alkanes of at least 4 members (excludes halogenated alkanes) is 2. The highest BCUT2D eigenvalue weighted by molar-refractivity contribution is 7.12. The highest BCUT2D eigenvalue weighted by Gasteiger charge is 2.09. The van der Waals surface area contributed by atoms with Crippen molar-refractivity contribution >= 4 is 23.0 Å². The number of hydrogen-bond donors (Lipinski definition) is 2. The van der Waals surface area contributed by atoms with Crippen molar-refractivity contribution in [1.82, 2.24) is 5.32 Å². The van der Waals surface area contributed by atoms with E-state index in [0.29, 0.717) is 11.4 Å². The molecule has 0 atom stereocenters. The van der Waals surface area contributed by atoms with Gasteiger partial charge in [0.05, 0.1) is 4.88 Å². The van der Waals surface area contributed by atoms with Crippen LogP contribution in [0.2, 0.25) is 0 Å². The molecule has 0 saturated carbocycles. The van der Waals surface area contributed by atoms with Crippen LogP contribution in [0.1, 0.15) is 41.8 Å². The first-order chi connectivity index (χ1) is 8.74. The van der Waals surface area contributed by atoms with E-state index in [0.717, 1.165) is 19.3 Å². The largest absolute Gasteiger partial charge is 0.396 e. The van der Waals surface area contributed by atoms with Gasteiger partial charge >= 0.3 is 0 Å². The SMILES string of the molecule is O=C(CCC(=O)c1cccs1)NCCCCCO. The van der Waals surface area contributed by atoms with Gasteiger partial charge in [-0.2, -0.15) is 0 Å². The molecule has 0 radical (unpaired) electrons. The summed E-state index contributed by atoms with van der Waals surface area (Å²) in [5.41, 5.74) is 0. The summed E-state index contributed by atoms with van der Waals surface area (Å²) in [7, 11) is 0. The van der Waals surface area contributed by atoms with E-state index >= 15 is 0 Å². The van der Waals surface area contributed by atoms with E-state index in [1.165, 1.54) is 11.3 Å². The summed E-state index contributed by atoms with van der Waals surface area (Å²) in [6.07, 6.45) is 3.06. The first-order valence-electron chi connectivity index (χ1n) is 6.18. The average molecular weight is 269 g/mol. The molecule has 0 bridgehead atoms. The lowest BCUT2D eigenvalue weighted by Crippen LogP contribution is -2.24. The van der Waals surface area contributed by atoms with Crippen LogP contribution in [-0.4, -0.2) is 29.9 Å². The molecule has 1 aromatic heterocycles. The Bertz CT molecular complexity index is 362. The zero-order valence-corrected chi connectivity index (χ0v) is 11.2. The Kier molecular flexibility index (Phi) is 7.29. The van der Waals surface area contributed by atoms with Gasteiger partial charge in [0.25, 0.3) is 0 Å². The number of aliphatic hydroxyl groups excluding tert-OH is 1. The van der Waals surface area contributed by atoms with E-state index in [1.54, 1.807) is 6.07 Å². The number of amides is 1. The van der Waals surface area contributed by atoms with Gasteiger partial charge in [0.1, 0.15) is 0 Å². The van der Waals surface area contributed by atoms with Crippen molar-refractivity contribution in [3.8, 4) is 0 Å². The van der Waals surface area contributed by atoms with Crippen LogP contribution in [0.4, 0.5) is 0 Å². The Morgan fingerprint density at radius 2 is 2.06 bits per heavy atom. The molecule has 0 saturated heterocycles. The lowest BCUT2D eigenvalue weighted by molar-refractivity contribution is -0.121. The molecule has 5 heteroatoms. The Labute approximate surface area is 111 Å². The fraction of sp³-hybridized carbons (Fsp3) is 0.538. The number of thiophene rings is 1. The fourth-order valence-corrected chi connectivity index (χ4v) is 2.21. The molecule has 1 heterocycles. The van der Waals surface area contributed by atoms with E-state index in [-0.39, 0.29) is 31.1 Å². The van der Waals surface area contributed by atoms with Gasteiger partial charge in [-0.1, -0.05) is 6.07 Å². The van der Waals surface area contributed by atoms with Gasteiger partial charge in [-0.05, 0) is 30.7 Å². The molecule has 0 unspecified atom stereocenters. The first-order valence-corrected chi connectivity index (χ1v) is 7.06. The minimum atomic E-state index is -0.0797. The molecule has 0 aliphatic rings. The summed E-state index contributed by atoms with van der Waals surface area (Å²) in [6.45, 7) is 0.815. The molecule has 1 amide bonds. The summed E-state index contributed by atoms with van der Waals surface area (Å²) < 4.78 is 0. The molecule has 4 nitrogen and oxygen atoms in total. The average Bonchev–Trinajstić information content (AvgIpc) is 2.89. The van der Waals surface area contributed by atoms with Crippen molar-refractivity contribution in [3.05, 3.63) is 22.4 Å². The number of carbonyl (C=O) groups is 2. The smallest absolute Gasteiger partial charge is 0.220 e. The highest BCUT2D eigenvalue weighted by Crippen LogP contribution is 2.12. The van der Waals surface area contributed by atoms with E-state index in [1.807, 2.05) is 11.4 Å². The predicted octanol–water partition coefficient (Wildman–Crippen LogP) is 1.99. The Morgan fingerprint density at radius 1 is 1.22 bits per heavy atom. The van der Waals surface area contributed by atoms with Gasteiger partial charge in [0, 0.05) is 26.0 Å². The van der Waals surface area contributed by atoms with E-state index in [9.17, 15) is 9.59 Å². The number of carbonyl (C=O) groups excluding carboxylic acids is 2. The molecule has 0 spiro atoms. The molecule has 18 heavy (non-hydrogen) atoms. The van der Waals surface area contributed by atoms with Crippen molar-refractivity contribution in [2.75, 3.05) is 13.2 Å². The maximum atomic E-state index is 11.6. The number of aliphatic hydroxyl groups is 1. The molecular formula is C13H19NO3S. The maximum Gasteiger partial charge on any atom is 0.220 e. The van der Waals surface area contributed by atoms with Crippen molar-refractivity contribution in [1.29, 1.82) is 0 Å². The second-order valence-electron chi connectivity index (χ2n) is 4.03. The minimum absolute atomic E-state index is 0.0282. The van der Waals surface area contributed by atoms with E-state index in [2.05, 4.69) is 5.32 Å². The van der Waals surface area contributed by atoms with Crippen LogP contribution in [0.15, 0.2) is 17.5 Å². The highest BCUT2D eigenvalue weighted by atomic mass is 32.1. The van der Waals surface area contributed by atoms with Crippen LogP contribution in [-0.2, 0) is 4.79 Å². The standard InChI is InChI=1S/C13H19NO3S/c15-9-3-1-2-8-14-13(17)7-6-11(16)12-5-4-10-18-12/h4-5,10,15H,1-3,6-9H2,(H,14,17). The molecule has 1 rings (SSSR count). The van der Waals surface area contributed by atoms with Crippen LogP contribution in [0.25, 0.3) is 0 Å². The normalized spacial score (nSPS) is 10.3. The van der Waals surface area contributed by atoms with Crippen molar-refractivity contribution in [3.63, 3.8) is 0 Å². The zero-order valence-electron chi connectivity index (χ0n) is 10.4. The van der Waals surface area contributed by atoms with Crippen LogP contribution < -0.4 is 5.32 Å². The Balaban J connectivity index is 2.08. The van der Waals surface area contributed by atoms with E-state index in [4.69, 9.17) is 5.11 Å². The van der Waals surface area contributed by atoms with Gasteiger partial charge in [-0.25, -0.2) is 0 Å². The van der Waals surface area contributed by atoms with Gasteiger partial charge in [-0.15, -0.1) is 11.3 Å². The number of rotatable bonds is 9. The lowest BCUT2D eigenvalue weighted by Gasteiger charge is -2.04. The van der Waals surface area contributed by atoms with Crippen LogP contribution in [0, 0.1) is 0 Å². The van der Waals surface area contributed by atoms with Gasteiger partial charge in [0.15, 0.2) is 5.78 Å². The monoisotopic (exact) mass is 269 g/mol. The Hall–Kier alpha value is -1.20. The molecule has 0 aromatic carbocycles. The molecule has 2 N–H and O–H groups in total. The van der Waals surface area contributed by atoms with Crippen molar-refractivity contribution in [2.45, 2.75) is 32.1 Å². The van der Waals surface area contributed by atoms with Gasteiger partial charge in [-0.3, -0.25) is 9.59 Å². The lowest BCUT2D eigenvalue weighted by atomic mass is 10.2. The summed E-state index contributed by atoms with van der Waals surface area (Å²) in [6, 6.07) is 3.61. The maximum absolute atomic E-state index is 11.6. The van der Waals surface area contributed by atoms with Gasteiger partial charge in [0.2, 0.25) is 5.91 Å². The molecule has 1 aromatic rings. The third-order valence-corrected chi connectivity index (χ3v) is 3.44. The molecule has 0 aliphatic heterocycles. The summed E-state index contributed by atoms with van der Waals surface area (Å²) in [4.78, 5) is 23.8. The van der Waals surface area contributed by atoms with Crippen LogP contribution in [0.5, 0.6) is 0 Å². The summed E-state index contributed by atoms with van der Waals surface area (Å²) in [5.74, 6) is -0.0515. The number of Topliss-reactive ketones (excluding diaryl/α,β-unsaturated/α-hetero) is 1. The number of ketones is 1. The fourth-order valence-electron chi connectivity index (χ4n) is 1.52. The molecule has 100 valence electrons. The molecule has 0 fully saturated rings. The van der Waals surface area contributed by atoms with Crippen LogP contribution >= 0.6 is 11.3 Å². The molecular weight excluding hydrogens is 250 g/mol. The second-order valence-corrected chi connectivity index (χ2v) is 4.98. The van der Waals surface area contributed by atoms with Crippen LogP contribution in [0.3, 0.4) is 0 Å². The first kappa shape index (κ1) is 14.9. The predicted molar refractivity (Wildman–Crippen MR) is 71.8 cm³/mol. The minimum Gasteiger partial charge on any atom is -0.396 e. The number of nitrogens with one attached hydrogen (secondary N) is 1.